The third-order valence-electron chi connectivity index (χ3n) is 19.0. The van der Waals surface area contributed by atoms with Crippen molar-refractivity contribution in [1.29, 1.82) is 0 Å². The van der Waals surface area contributed by atoms with E-state index < -0.39 is 64.0 Å². The van der Waals surface area contributed by atoms with Gasteiger partial charge in [0.2, 0.25) is 0 Å². The third-order valence-corrected chi connectivity index (χ3v) is 20.1. The molecule has 9 aromatic carbocycles. The van der Waals surface area contributed by atoms with Gasteiger partial charge in [-0.2, -0.15) is 5.10 Å². The second kappa shape index (κ2) is 45.0. The molecule has 126 heavy (non-hydrogen) atoms. The van der Waals surface area contributed by atoms with Crippen molar-refractivity contribution < 1.29 is 130 Å². The van der Waals surface area contributed by atoms with E-state index in [-0.39, 0.29) is 147 Å². The summed E-state index contributed by atoms with van der Waals surface area (Å²) < 4.78 is 102. The molecule has 0 amide bonds. The molecule has 0 bridgehead atoms. The molecule has 0 spiro atoms. The zero-order valence-electron chi connectivity index (χ0n) is 70.1. The number of nitrogens with zero attached hydrogens (tertiary/aromatic N) is 13. The largest absolute Gasteiger partial charge is 1.00 e. The van der Waals surface area contributed by atoms with Gasteiger partial charge in [-0.1, -0.05) is 129 Å². The van der Waals surface area contributed by atoms with E-state index in [1.165, 1.54) is 74.9 Å². The number of aromatic carboxylic acids is 1. The Bertz CT molecular complexity index is 6600. The quantitative estimate of drug-likeness (QED) is 0.0269. The fourth-order valence-corrected chi connectivity index (χ4v) is 13.7. The molecule has 34 heteroatoms. The number of carboxylic acids is 2. The fraction of sp³-hybridized carbons (Fsp3) is 0.217. The molecule has 0 aliphatic carbocycles. The maximum Gasteiger partial charge on any atom is 1.00 e. The van der Waals surface area contributed by atoms with E-state index in [1.807, 2.05) is 122 Å². The Kier molecular flexibility index (Phi) is 34.9. The van der Waals surface area contributed by atoms with Gasteiger partial charge in [0.1, 0.15) is 98.5 Å². The first-order valence-electron chi connectivity index (χ1n) is 39.6. The zero-order valence-corrected chi connectivity index (χ0v) is 77.9. The Labute approximate surface area is 786 Å². The second-order valence-electron chi connectivity index (χ2n) is 28.5. The predicted octanol–water partition coefficient (Wildman–Crippen LogP) is 15.2. The van der Waals surface area contributed by atoms with Crippen molar-refractivity contribution >= 4 is 94.6 Å². The van der Waals surface area contributed by atoms with Crippen LogP contribution in [0.4, 0.5) is 43.7 Å². The van der Waals surface area contributed by atoms with Crippen LogP contribution < -0.4 is 112 Å². The van der Waals surface area contributed by atoms with E-state index in [4.69, 9.17) is 47.0 Å². The van der Waals surface area contributed by atoms with Gasteiger partial charge >= 0.3 is 80.8 Å². The summed E-state index contributed by atoms with van der Waals surface area (Å²) in [7, 11) is 0. The average molecular weight is 1900 g/mol. The molecule has 0 saturated heterocycles. The number of hydrogen-bond donors (Lipinski definition) is 5. The van der Waals surface area contributed by atoms with Gasteiger partial charge in [-0.15, -0.1) is 0 Å². The molecule has 6 aromatic heterocycles. The van der Waals surface area contributed by atoms with Crippen molar-refractivity contribution in [1.82, 2.24) is 58.4 Å². The molecular formula is C92H88BrCsF6N16O10. The van der Waals surface area contributed by atoms with E-state index in [0.29, 0.717) is 116 Å². The van der Waals surface area contributed by atoms with Crippen LogP contribution >= 0.6 is 15.9 Å². The van der Waals surface area contributed by atoms with E-state index in [1.54, 1.807) is 83.5 Å². The van der Waals surface area contributed by atoms with Gasteiger partial charge in [0, 0.05) is 29.7 Å². The molecule has 0 saturated carbocycles. The van der Waals surface area contributed by atoms with Crippen LogP contribution in [0.1, 0.15) is 149 Å². The molecule has 646 valence electrons. The molecule has 1 unspecified atom stereocenters. The number of aromatic nitrogens is 12. The predicted molar refractivity (Wildman–Crippen MR) is 472 cm³/mol. The van der Waals surface area contributed by atoms with Crippen molar-refractivity contribution in [2.75, 3.05) is 17.2 Å². The summed E-state index contributed by atoms with van der Waals surface area (Å²) in [4.78, 5) is 94.4. The van der Waals surface area contributed by atoms with Crippen LogP contribution in [0.2, 0.25) is 0 Å². The Hall–Kier alpha value is -12.3. The number of aliphatic imine (C=N–C) groups is 1. The van der Waals surface area contributed by atoms with Gasteiger partial charge in [0.25, 0.3) is 16.7 Å². The molecule has 2 atom stereocenters. The van der Waals surface area contributed by atoms with E-state index in [2.05, 4.69) is 50.8 Å². The number of hydrogen-bond acceptors (Lipinski definition) is 20. The molecule has 9 N–H and O–H groups in total. The minimum absolute atomic E-state index is 0. The molecule has 1 aliphatic heterocycles. The first-order chi connectivity index (χ1) is 59.6. The van der Waals surface area contributed by atoms with Crippen molar-refractivity contribution in [3.63, 3.8) is 0 Å². The van der Waals surface area contributed by atoms with E-state index in [0.717, 1.165) is 37.4 Å². The number of benzene rings is 9. The van der Waals surface area contributed by atoms with Crippen LogP contribution in [0.3, 0.4) is 0 Å². The standard InChI is InChI=1S/C31H27F2N7O2.C17H14BrFN2O.C17H15FN2O.C15H15FN4O.C7H6FNO2.C5H10O2.Cs.H2O/c1-4-23(29-37-22-12-8-11-20(32)25(22)31(41)39(29)19-9-6-5-7-10-19)40-30-26(28(34)35-16-36-30)27(38-40)18-13-14-24(21(33)15-18)42-17(2)3;1-2-12(18)16-20-14-10-6-9-13(19)15(14)17(22)21(16)11-7-4-3-5-8-11;1-2-7-15-19-14-11-6-10-13(18)16(14)17(21)20(15)12-8-4-3-5-9-12;1-8(2)21-12-4-3-9(5-10(12)16)14-13-11(6-18-14)19-7-20-15(13)17;8-4-2-1-3-5(9)6(4)7(10)11;1-2-3-4-5(6)7;;/h5-17,23H,4H2,1-3H3,(H2,34,35,36);3-10,12H,2H2,1H3;3-6,8-11H,2,7H2,1H3;3-5,7-8H,6H2,1-2H3,(H2,17,19,20);1-3H,9H2,(H,10,11);2-4H2,1H3,(H,6,7);;1H2/q;;;;;;+1;/p-1/t;12-;;;;;;/m.1....../s1. The van der Waals surface area contributed by atoms with Crippen LogP contribution in [0, 0.1) is 34.9 Å². The number of alkyl halides is 1. The van der Waals surface area contributed by atoms with Crippen LogP contribution in [0.15, 0.2) is 232 Å². The van der Waals surface area contributed by atoms with Gasteiger partial charge in [-0.3, -0.25) is 37.9 Å². The molecule has 7 heterocycles. The van der Waals surface area contributed by atoms with Crippen LogP contribution in [-0.2, 0) is 17.8 Å². The number of aryl methyl sites for hydroxylation is 1. The Balaban J connectivity index is 0.000000184. The minimum Gasteiger partial charge on any atom is -0.870 e. The van der Waals surface area contributed by atoms with Crippen molar-refractivity contribution in [3.05, 3.63) is 319 Å². The Morgan fingerprint density at radius 3 is 1.43 bits per heavy atom. The summed E-state index contributed by atoms with van der Waals surface area (Å²) >= 11 is 3.56. The molecule has 26 nitrogen and oxygen atoms in total. The average Bonchev–Trinajstić information content (AvgIpc) is 1.54. The van der Waals surface area contributed by atoms with Gasteiger partial charge in [-0.05, 0) is 175 Å². The summed E-state index contributed by atoms with van der Waals surface area (Å²) in [6.07, 6.45) is 7.24. The maximum atomic E-state index is 15.1. The summed E-state index contributed by atoms with van der Waals surface area (Å²) in [6.45, 7) is 15.7. The summed E-state index contributed by atoms with van der Waals surface area (Å²) in [5.41, 5.74) is 22.4. The number of nitrogen functional groups attached to an aromatic ring is 3. The third kappa shape index (κ3) is 22.7. The Morgan fingerprint density at radius 1 is 0.508 bits per heavy atom. The summed E-state index contributed by atoms with van der Waals surface area (Å²) in [5.74, 6) is -3.13. The van der Waals surface area contributed by atoms with Crippen molar-refractivity contribution in [2.24, 2.45) is 4.99 Å². The fourth-order valence-electron chi connectivity index (χ4n) is 13.4. The van der Waals surface area contributed by atoms with Crippen LogP contribution in [0.5, 0.6) is 11.5 Å². The molecule has 16 rings (SSSR count). The van der Waals surface area contributed by atoms with Gasteiger partial charge in [0.05, 0.1) is 79.5 Å². The summed E-state index contributed by atoms with van der Waals surface area (Å²) in [5, 5.41) is 21.7. The van der Waals surface area contributed by atoms with E-state index in [9.17, 15) is 45.9 Å². The first kappa shape index (κ1) is 97.5. The molecular weight excluding hydrogens is 1820 g/mol. The SMILES string of the molecule is CC(C)Oc1ccc(C2=NCc3ncnc(N)c32)cc1F.CCC(c1nc2cccc(F)c2c(=O)n1-c1ccccc1)n1nc(-c2ccc(OC(C)C)c(F)c2)c2c(N)ncnc21.CCCCC(=O)O.CCCc1nc2cccc(F)c2c(=O)n1-c1ccccc1.CC[C@@H](Br)c1nc2cccc(F)c2c(=O)n1-c1ccccc1.Nc1cccc(F)c1C(=O)O.[Cs+].[OH-]. The smallest absolute Gasteiger partial charge is 0.870 e. The number of para-hydroxylation sites is 3. The molecule has 15 aromatic rings. The number of ether oxygens (including phenoxy) is 2. The maximum absolute atomic E-state index is 15.1. The number of halogens is 7. The number of rotatable bonds is 20. The monoisotopic (exact) mass is 1900 g/mol. The second-order valence-corrected chi connectivity index (χ2v) is 29.6. The zero-order chi connectivity index (χ0) is 89.2. The molecule has 1 aliphatic rings. The van der Waals surface area contributed by atoms with Gasteiger partial charge in [-0.25, -0.2) is 70.7 Å². The van der Waals surface area contributed by atoms with Gasteiger partial charge in [0.15, 0.2) is 28.8 Å². The number of anilines is 3. The van der Waals surface area contributed by atoms with Crippen LogP contribution in [0.25, 0.3) is 72.1 Å². The summed E-state index contributed by atoms with van der Waals surface area (Å²) in [6, 6.07) is 53.1. The van der Waals surface area contributed by atoms with Crippen molar-refractivity contribution in [3.8, 4) is 39.8 Å². The number of aliphatic carboxylic acids is 1. The molecule has 0 fully saturated rings. The normalized spacial score (nSPS) is 11.6. The number of unbranched alkanes of at least 4 members (excludes halogenated alkanes) is 1. The molecule has 0 radical (unpaired) electrons. The van der Waals surface area contributed by atoms with Crippen LogP contribution in [-0.4, -0.2) is 104 Å². The number of nitrogens with two attached hydrogens (primary N) is 3. The minimum atomic E-state index is -1.35. The number of fused-ring (bicyclic) bond motifs is 5. The first-order valence-corrected chi connectivity index (χ1v) is 40.5. The Morgan fingerprint density at radius 2 is 0.968 bits per heavy atom. The number of carboxylic acid groups (broad SMARTS) is 2. The van der Waals surface area contributed by atoms with Crippen molar-refractivity contribution in [2.45, 2.75) is 130 Å². The van der Waals surface area contributed by atoms with Gasteiger partial charge < -0.3 is 42.4 Å². The topological polar surface area (TPSA) is 388 Å². The number of carbonyl (C=O) groups is 2. The van der Waals surface area contributed by atoms with E-state index >= 15 is 4.39 Å².